The maximum atomic E-state index is 14.8. The van der Waals surface area contributed by atoms with Crippen molar-refractivity contribution in [3.63, 3.8) is 0 Å². The maximum absolute atomic E-state index is 14.8. The Morgan fingerprint density at radius 1 is 0.932 bits per heavy atom. The number of nitrogens with zero attached hydrogens (tertiary/aromatic N) is 1. The van der Waals surface area contributed by atoms with Crippen LogP contribution in [-0.2, 0) is 36.0 Å². The standard InChI is InChI=1S/C35H32F3IN2O3/c1-22(2)40-33(44)34(19-25-9-4-8-14-30(25)39)29-13-7-5-11-27(29)32(43)41(31(34)24-17-15-23(21-42)16-18-24)20-26-10-3-6-12-28(26)35(36,37)38/h3-18,22,31,42H,19-21H2,1-2H3,(H,40,44)/t31-,34-/m0/s1. The summed E-state index contributed by atoms with van der Waals surface area (Å²) < 4.78 is 43.5. The van der Waals surface area contributed by atoms with Crippen molar-refractivity contribution in [2.75, 3.05) is 0 Å². The molecule has 9 heteroatoms. The molecule has 1 aliphatic heterocycles. The van der Waals surface area contributed by atoms with Crippen LogP contribution in [0.3, 0.4) is 0 Å². The van der Waals surface area contributed by atoms with Crippen LogP contribution >= 0.6 is 22.6 Å². The Morgan fingerprint density at radius 3 is 2.18 bits per heavy atom. The minimum absolute atomic E-state index is 0.0721. The van der Waals surface area contributed by atoms with Gasteiger partial charge in [-0.05, 0) is 88.9 Å². The fraction of sp³-hybridized carbons (Fsp3) is 0.257. The van der Waals surface area contributed by atoms with Gasteiger partial charge in [-0.2, -0.15) is 13.2 Å². The molecule has 1 aliphatic rings. The van der Waals surface area contributed by atoms with E-state index in [0.29, 0.717) is 16.7 Å². The van der Waals surface area contributed by atoms with Crippen molar-refractivity contribution in [3.8, 4) is 0 Å². The van der Waals surface area contributed by atoms with Gasteiger partial charge >= 0.3 is 6.18 Å². The van der Waals surface area contributed by atoms with E-state index in [4.69, 9.17) is 0 Å². The van der Waals surface area contributed by atoms with Crippen molar-refractivity contribution in [2.45, 2.75) is 57.1 Å². The van der Waals surface area contributed by atoms with Gasteiger partial charge in [0, 0.05) is 21.7 Å². The Morgan fingerprint density at radius 2 is 1.55 bits per heavy atom. The van der Waals surface area contributed by atoms with Gasteiger partial charge in [0.25, 0.3) is 5.91 Å². The first-order valence-corrected chi connectivity index (χ1v) is 15.3. The number of benzene rings is 4. The van der Waals surface area contributed by atoms with Crippen LogP contribution in [0.2, 0.25) is 0 Å². The number of carbonyl (C=O) groups excluding carboxylic acids is 2. The van der Waals surface area contributed by atoms with E-state index in [1.54, 1.807) is 48.5 Å². The molecule has 5 nitrogen and oxygen atoms in total. The smallest absolute Gasteiger partial charge is 0.392 e. The molecule has 0 aromatic heterocycles. The van der Waals surface area contributed by atoms with Crippen LogP contribution < -0.4 is 5.32 Å². The summed E-state index contributed by atoms with van der Waals surface area (Å²) in [6.07, 6.45) is -4.46. The average Bonchev–Trinajstić information content (AvgIpc) is 3.00. The summed E-state index contributed by atoms with van der Waals surface area (Å²) in [5, 5.41) is 12.8. The van der Waals surface area contributed by atoms with Gasteiger partial charge in [0.1, 0.15) is 5.41 Å². The lowest BCUT2D eigenvalue weighted by molar-refractivity contribution is -0.139. The Balaban J connectivity index is 1.84. The van der Waals surface area contributed by atoms with Gasteiger partial charge in [-0.3, -0.25) is 9.59 Å². The lowest BCUT2D eigenvalue weighted by Gasteiger charge is -2.50. The van der Waals surface area contributed by atoms with E-state index in [2.05, 4.69) is 27.9 Å². The highest BCUT2D eigenvalue weighted by Crippen LogP contribution is 2.51. The molecule has 44 heavy (non-hydrogen) atoms. The quantitative estimate of drug-likeness (QED) is 0.190. The fourth-order valence-electron chi connectivity index (χ4n) is 6.15. The highest BCUT2D eigenvalue weighted by Gasteiger charge is 2.56. The first kappa shape index (κ1) is 31.7. The Labute approximate surface area is 268 Å². The number of carbonyl (C=O) groups is 2. The van der Waals surface area contributed by atoms with Gasteiger partial charge in [0.05, 0.1) is 18.2 Å². The summed E-state index contributed by atoms with van der Waals surface area (Å²) >= 11 is 2.22. The van der Waals surface area contributed by atoms with Gasteiger partial charge in [0.15, 0.2) is 0 Å². The van der Waals surface area contributed by atoms with E-state index in [1.165, 1.54) is 23.1 Å². The molecule has 0 saturated heterocycles. The number of nitrogens with one attached hydrogen (secondary N) is 1. The monoisotopic (exact) mass is 712 g/mol. The molecule has 0 saturated carbocycles. The van der Waals surface area contributed by atoms with Crippen LogP contribution in [-0.4, -0.2) is 27.9 Å². The van der Waals surface area contributed by atoms with Crippen LogP contribution in [0.15, 0.2) is 97.1 Å². The fourth-order valence-corrected chi connectivity index (χ4v) is 6.72. The van der Waals surface area contributed by atoms with Gasteiger partial charge in [-0.15, -0.1) is 0 Å². The zero-order chi connectivity index (χ0) is 31.6. The molecule has 2 N–H and O–H groups in total. The highest BCUT2D eigenvalue weighted by atomic mass is 127. The summed E-state index contributed by atoms with van der Waals surface area (Å²) in [7, 11) is 0. The summed E-state index contributed by atoms with van der Waals surface area (Å²) in [5.74, 6) is -0.804. The SMILES string of the molecule is CC(C)NC(=O)[C@@]1(Cc2ccccc2I)c2ccccc2C(=O)N(Cc2ccccc2C(F)(F)F)[C@H]1c1ccc(CO)cc1. The number of amides is 2. The number of aliphatic hydroxyl groups excluding tert-OH is 1. The van der Waals surface area contributed by atoms with Crippen molar-refractivity contribution in [1.82, 2.24) is 10.2 Å². The van der Waals surface area contributed by atoms with Crippen LogP contribution in [0.5, 0.6) is 0 Å². The van der Waals surface area contributed by atoms with E-state index in [1.807, 2.05) is 38.1 Å². The number of fused-ring (bicyclic) bond motifs is 1. The third kappa shape index (κ3) is 5.99. The topological polar surface area (TPSA) is 69.6 Å². The number of halogens is 4. The van der Waals surface area contributed by atoms with Crippen LogP contribution in [0.4, 0.5) is 13.2 Å². The Kier molecular flexibility index (Phi) is 9.17. The number of hydrogen-bond acceptors (Lipinski definition) is 3. The predicted octanol–water partition coefficient (Wildman–Crippen LogP) is 7.20. The third-order valence-electron chi connectivity index (χ3n) is 8.07. The number of aliphatic hydroxyl groups is 1. The largest absolute Gasteiger partial charge is 0.416 e. The second-order valence-electron chi connectivity index (χ2n) is 11.3. The van der Waals surface area contributed by atoms with Crippen molar-refractivity contribution in [3.05, 3.63) is 140 Å². The van der Waals surface area contributed by atoms with Gasteiger partial charge in [-0.1, -0.05) is 78.9 Å². The summed E-state index contributed by atoms with van der Waals surface area (Å²) in [5.41, 5.74) is 0.505. The van der Waals surface area contributed by atoms with Crippen LogP contribution in [0.25, 0.3) is 0 Å². The lowest BCUT2D eigenvalue weighted by atomic mass is 9.63. The zero-order valence-electron chi connectivity index (χ0n) is 24.2. The normalized spacial score (nSPS) is 18.3. The zero-order valence-corrected chi connectivity index (χ0v) is 26.4. The molecule has 4 aromatic rings. The van der Waals surface area contributed by atoms with E-state index in [9.17, 15) is 27.9 Å². The molecule has 2 amide bonds. The second kappa shape index (κ2) is 12.7. The Bertz CT molecular complexity index is 1670. The Hall–Kier alpha value is -3.70. The summed E-state index contributed by atoms with van der Waals surface area (Å²) in [6, 6.07) is 25.4. The maximum Gasteiger partial charge on any atom is 0.416 e. The number of hydrogen-bond donors (Lipinski definition) is 2. The second-order valence-corrected chi connectivity index (χ2v) is 12.5. The molecule has 1 heterocycles. The van der Waals surface area contributed by atoms with E-state index in [0.717, 1.165) is 15.2 Å². The predicted molar refractivity (Wildman–Crippen MR) is 171 cm³/mol. The molecule has 2 atom stereocenters. The molecule has 0 fully saturated rings. The molecule has 0 aliphatic carbocycles. The first-order chi connectivity index (χ1) is 21.0. The molecular weight excluding hydrogens is 680 g/mol. The molecular formula is C35H32F3IN2O3. The van der Waals surface area contributed by atoms with Gasteiger partial charge in [-0.25, -0.2) is 0 Å². The van der Waals surface area contributed by atoms with Crippen LogP contribution in [0, 0.1) is 3.57 Å². The van der Waals surface area contributed by atoms with Gasteiger partial charge < -0.3 is 15.3 Å². The minimum atomic E-state index is -4.64. The lowest BCUT2D eigenvalue weighted by Crippen LogP contribution is -2.60. The molecule has 0 spiro atoms. The summed E-state index contributed by atoms with van der Waals surface area (Å²) in [4.78, 5) is 30.6. The highest BCUT2D eigenvalue weighted by molar-refractivity contribution is 14.1. The molecule has 5 rings (SSSR count). The van der Waals surface area contributed by atoms with Gasteiger partial charge in [0.2, 0.25) is 5.91 Å². The summed E-state index contributed by atoms with van der Waals surface area (Å²) in [6.45, 7) is 3.11. The molecule has 0 radical (unpaired) electrons. The average molecular weight is 713 g/mol. The van der Waals surface area contributed by atoms with E-state index < -0.39 is 29.1 Å². The van der Waals surface area contributed by atoms with E-state index >= 15 is 0 Å². The number of alkyl halides is 3. The first-order valence-electron chi connectivity index (χ1n) is 14.3. The molecule has 4 aromatic carbocycles. The minimum Gasteiger partial charge on any atom is -0.392 e. The van der Waals surface area contributed by atoms with Crippen molar-refractivity contribution in [2.24, 2.45) is 0 Å². The third-order valence-corrected chi connectivity index (χ3v) is 9.12. The van der Waals surface area contributed by atoms with Crippen molar-refractivity contribution < 1.29 is 27.9 Å². The molecule has 0 unspecified atom stereocenters. The van der Waals surface area contributed by atoms with Crippen LogP contribution in [0.1, 0.15) is 63.6 Å². The van der Waals surface area contributed by atoms with Crippen molar-refractivity contribution in [1.29, 1.82) is 0 Å². The molecule has 0 bridgehead atoms. The molecule has 228 valence electrons. The number of rotatable bonds is 8. The van der Waals surface area contributed by atoms with E-state index in [-0.39, 0.29) is 42.6 Å². The van der Waals surface area contributed by atoms with Crippen molar-refractivity contribution >= 4 is 34.4 Å².